The number of hydrogen-bond donors (Lipinski definition) is 3. The molecule has 3 N–H and O–H groups in total. The number of rotatable bonds is 60. The highest BCUT2D eigenvalue weighted by Gasteiger charge is 2.18. The maximum absolute atomic E-state index is 12.5. The predicted octanol–water partition coefficient (Wildman–Crippen LogP) is 21.3. The molecule has 68 heavy (non-hydrogen) atoms. The Labute approximate surface area is 428 Å². The Hall–Kier alpha value is -0.870. The van der Waals surface area contributed by atoms with Crippen LogP contribution in [0.25, 0.3) is 0 Å². The summed E-state index contributed by atoms with van der Waals surface area (Å²) in [6, 6.07) is -0.619. The van der Waals surface area contributed by atoms with Crippen LogP contribution in [-0.4, -0.2) is 34.9 Å². The van der Waals surface area contributed by atoms with Crippen LogP contribution in [0.2, 0.25) is 0 Å². The van der Waals surface area contributed by atoms with Crippen LogP contribution in [0.3, 0.4) is 0 Å². The van der Waals surface area contributed by atoms with E-state index in [2.05, 4.69) is 19.2 Å². The molecule has 0 saturated carbocycles. The quantitative estimate of drug-likeness (QED) is 0.0420. The summed E-state index contributed by atoms with van der Waals surface area (Å²) in [5.41, 5.74) is 0. The first-order valence-electron chi connectivity index (χ1n) is 31.9. The van der Waals surface area contributed by atoms with Crippen LogP contribution >= 0.6 is 0 Å². The highest BCUT2D eigenvalue weighted by Crippen LogP contribution is 2.19. The molecule has 2 atom stereocenters. The second-order valence-electron chi connectivity index (χ2n) is 22.2. The summed E-state index contributed by atoms with van der Waals surface area (Å²) in [6.45, 7) is 4.36. The summed E-state index contributed by atoms with van der Waals surface area (Å²) >= 11 is 0. The third kappa shape index (κ3) is 56.0. The average Bonchev–Trinajstić information content (AvgIpc) is 3.34. The molecule has 0 aliphatic rings. The molecular weight excluding hydrogens is 831 g/mol. The number of hydrogen-bond acceptors (Lipinski definition) is 3. The van der Waals surface area contributed by atoms with Crippen LogP contribution in [0.4, 0.5) is 0 Å². The first-order chi connectivity index (χ1) is 33.7. The molecule has 2 unspecified atom stereocenters. The van der Waals surface area contributed by atoms with Crippen molar-refractivity contribution in [1.82, 2.24) is 5.32 Å². The number of carbonyl (C=O) groups excluding carboxylic acids is 1. The van der Waals surface area contributed by atoms with Gasteiger partial charge < -0.3 is 15.5 Å². The molecule has 0 saturated heterocycles. The summed E-state index contributed by atoms with van der Waals surface area (Å²) in [5.74, 6) is -0.0540. The summed E-state index contributed by atoms with van der Waals surface area (Å²) in [4.78, 5) is 12.5. The Bertz CT molecular complexity index is 952. The van der Waals surface area contributed by atoms with E-state index < -0.39 is 12.1 Å². The fraction of sp³-hybridized carbons (Fsp3) is 0.953. The van der Waals surface area contributed by atoms with E-state index in [-0.39, 0.29) is 12.5 Å². The van der Waals surface area contributed by atoms with E-state index in [1.807, 2.05) is 6.08 Å². The topological polar surface area (TPSA) is 69.6 Å². The fourth-order valence-corrected chi connectivity index (χ4v) is 10.4. The number of carbonyl (C=O) groups is 1. The highest BCUT2D eigenvalue weighted by molar-refractivity contribution is 5.76. The number of allylic oxidation sites excluding steroid dienone is 1. The maximum atomic E-state index is 12.5. The van der Waals surface area contributed by atoms with Crippen LogP contribution in [0, 0.1) is 0 Å². The molecular formula is C64H127NO3. The van der Waals surface area contributed by atoms with Gasteiger partial charge in [0, 0.05) is 6.42 Å². The number of aliphatic hydroxyl groups is 2. The number of aliphatic hydroxyl groups excluding tert-OH is 2. The standard InChI is InChI=1S/C64H127NO3/c1-3-5-7-9-11-13-15-17-19-21-23-25-27-29-31-32-34-35-37-39-41-43-45-47-49-51-53-55-57-59-63(67)62(61-66)65-64(68)60-58-56-54-52-50-48-46-44-42-40-38-36-33-30-28-26-24-22-20-18-16-14-12-10-8-6-4-2/h57,59,62-63,66-67H,3-56,58,60-61H2,1-2H3,(H,65,68)/b59-57+. The first kappa shape index (κ1) is 67.1. The lowest BCUT2D eigenvalue weighted by molar-refractivity contribution is -0.123. The van der Waals surface area contributed by atoms with Gasteiger partial charge in [0.1, 0.15) is 0 Å². The fourth-order valence-electron chi connectivity index (χ4n) is 10.4. The van der Waals surface area contributed by atoms with Crippen molar-refractivity contribution in [2.24, 2.45) is 0 Å². The van der Waals surface area contributed by atoms with Gasteiger partial charge in [-0.05, 0) is 19.3 Å². The van der Waals surface area contributed by atoms with Crippen molar-refractivity contribution in [2.45, 2.75) is 386 Å². The molecule has 0 aliphatic carbocycles. The van der Waals surface area contributed by atoms with Gasteiger partial charge in [0.25, 0.3) is 0 Å². The predicted molar refractivity (Wildman–Crippen MR) is 304 cm³/mol. The van der Waals surface area contributed by atoms with E-state index in [4.69, 9.17) is 0 Å². The Kier molecular flexibility index (Phi) is 59.7. The second-order valence-corrected chi connectivity index (χ2v) is 22.2. The van der Waals surface area contributed by atoms with Gasteiger partial charge in [-0.25, -0.2) is 0 Å². The van der Waals surface area contributed by atoms with Crippen molar-refractivity contribution in [3.8, 4) is 0 Å². The minimum atomic E-state index is -0.836. The van der Waals surface area contributed by atoms with Crippen molar-refractivity contribution in [3.63, 3.8) is 0 Å². The van der Waals surface area contributed by atoms with Gasteiger partial charge in [-0.3, -0.25) is 4.79 Å². The summed E-state index contributed by atoms with van der Waals surface area (Å²) in [7, 11) is 0. The molecule has 1 amide bonds. The number of amides is 1. The Balaban J connectivity index is 3.42. The van der Waals surface area contributed by atoms with Gasteiger partial charge in [0.05, 0.1) is 18.8 Å². The molecule has 0 radical (unpaired) electrons. The van der Waals surface area contributed by atoms with Crippen molar-refractivity contribution in [3.05, 3.63) is 12.2 Å². The smallest absolute Gasteiger partial charge is 0.220 e. The maximum Gasteiger partial charge on any atom is 0.220 e. The van der Waals surface area contributed by atoms with Crippen LogP contribution in [-0.2, 0) is 4.79 Å². The summed E-state index contributed by atoms with van der Waals surface area (Å²) in [5, 5.41) is 23.3. The highest BCUT2D eigenvalue weighted by atomic mass is 16.3. The van der Waals surface area contributed by atoms with Gasteiger partial charge in [-0.1, -0.05) is 360 Å². The molecule has 0 fully saturated rings. The lowest BCUT2D eigenvalue weighted by Crippen LogP contribution is -2.45. The molecule has 0 bridgehead atoms. The molecule has 0 heterocycles. The zero-order valence-corrected chi connectivity index (χ0v) is 46.9. The molecule has 0 aromatic rings. The van der Waals surface area contributed by atoms with E-state index in [1.54, 1.807) is 6.08 Å². The molecule has 406 valence electrons. The summed E-state index contributed by atoms with van der Waals surface area (Å²) < 4.78 is 0. The molecule has 0 spiro atoms. The molecule has 0 aliphatic heterocycles. The Morgan fingerprint density at radius 2 is 0.544 bits per heavy atom. The summed E-state index contributed by atoms with van der Waals surface area (Å²) in [6.07, 6.45) is 79.9. The van der Waals surface area contributed by atoms with Gasteiger partial charge in [0.15, 0.2) is 0 Å². The van der Waals surface area contributed by atoms with Gasteiger partial charge in [0.2, 0.25) is 5.91 Å². The minimum Gasteiger partial charge on any atom is -0.394 e. The Morgan fingerprint density at radius 3 is 0.765 bits per heavy atom. The molecule has 0 aromatic carbocycles. The first-order valence-corrected chi connectivity index (χ1v) is 31.9. The molecule has 4 nitrogen and oxygen atoms in total. The van der Waals surface area contributed by atoms with Gasteiger partial charge in [-0.15, -0.1) is 0 Å². The zero-order chi connectivity index (χ0) is 49.2. The average molecular weight is 959 g/mol. The zero-order valence-electron chi connectivity index (χ0n) is 46.9. The number of nitrogens with one attached hydrogen (secondary N) is 1. The largest absolute Gasteiger partial charge is 0.394 e. The van der Waals surface area contributed by atoms with Crippen LogP contribution < -0.4 is 5.32 Å². The van der Waals surface area contributed by atoms with Crippen LogP contribution in [0.1, 0.15) is 373 Å². The van der Waals surface area contributed by atoms with Gasteiger partial charge in [-0.2, -0.15) is 0 Å². The second kappa shape index (κ2) is 60.4. The van der Waals surface area contributed by atoms with Crippen molar-refractivity contribution in [2.75, 3.05) is 6.61 Å². The van der Waals surface area contributed by atoms with Crippen molar-refractivity contribution >= 4 is 5.91 Å². The lowest BCUT2D eigenvalue weighted by Gasteiger charge is -2.20. The normalized spacial score (nSPS) is 12.7. The third-order valence-electron chi connectivity index (χ3n) is 15.3. The van der Waals surface area contributed by atoms with E-state index in [1.165, 1.54) is 327 Å². The van der Waals surface area contributed by atoms with Crippen LogP contribution in [0.5, 0.6) is 0 Å². The van der Waals surface area contributed by atoms with Gasteiger partial charge >= 0.3 is 0 Å². The van der Waals surface area contributed by atoms with Crippen LogP contribution in [0.15, 0.2) is 12.2 Å². The molecule has 4 heteroatoms. The van der Waals surface area contributed by atoms with E-state index in [9.17, 15) is 15.0 Å². The lowest BCUT2D eigenvalue weighted by atomic mass is 10.0. The minimum absolute atomic E-state index is 0.0540. The molecule has 0 aromatic heterocycles. The Morgan fingerprint density at radius 1 is 0.338 bits per heavy atom. The van der Waals surface area contributed by atoms with E-state index in [0.29, 0.717) is 6.42 Å². The number of unbranched alkanes of at least 4 members (excludes halogenated alkanes) is 53. The monoisotopic (exact) mass is 958 g/mol. The van der Waals surface area contributed by atoms with Crippen molar-refractivity contribution < 1.29 is 15.0 Å². The van der Waals surface area contributed by atoms with Crippen molar-refractivity contribution in [1.29, 1.82) is 0 Å². The van der Waals surface area contributed by atoms with E-state index >= 15 is 0 Å². The van der Waals surface area contributed by atoms with E-state index in [0.717, 1.165) is 25.7 Å². The SMILES string of the molecule is CCCCCCCCCCCCCCCCCCCCCCCCCCCCC/C=C/C(O)C(CO)NC(=O)CCCCCCCCCCCCCCCCCCCCCCCCCCCCC. The third-order valence-corrected chi connectivity index (χ3v) is 15.3. The molecule has 0 rings (SSSR count).